The summed E-state index contributed by atoms with van der Waals surface area (Å²) in [5.74, 6) is -2.07. The van der Waals surface area contributed by atoms with E-state index in [0.29, 0.717) is 22.5 Å². The highest BCUT2D eigenvalue weighted by molar-refractivity contribution is 5.98. The van der Waals surface area contributed by atoms with Gasteiger partial charge in [0.05, 0.1) is 5.56 Å². The molecule has 2 aromatic carbocycles. The number of benzene rings is 2. The van der Waals surface area contributed by atoms with Crippen molar-refractivity contribution in [2.45, 2.75) is 19.9 Å². The Balaban J connectivity index is 2.00. The van der Waals surface area contributed by atoms with Gasteiger partial charge in [0.25, 0.3) is 5.91 Å². The molecule has 0 aliphatic carbocycles. The summed E-state index contributed by atoms with van der Waals surface area (Å²) in [6.07, 6.45) is 0. The number of primary amides is 1. The van der Waals surface area contributed by atoms with Gasteiger partial charge in [-0.25, -0.2) is 8.78 Å². The minimum Gasteiger partial charge on any atom is -0.368 e. The van der Waals surface area contributed by atoms with E-state index in [2.05, 4.69) is 0 Å². The van der Waals surface area contributed by atoms with E-state index in [4.69, 9.17) is 5.73 Å². The number of halogens is 2. The van der Waals surface area contributed by atoms with Gasteiger partial charge in [-0.15, -0.1) is 0 Å². The lowest BCUT2D eigenvalue weighted by atomic mass is 10.0. The average molecular weight is 397 g/mol. The molecule has 0 spiro atoms. The van der Waals surface area contributed by atoms with Crippen LogP contribution < -0.4 is 5.73 Å². The molecular formula is C22H21F2N3O2. The van der Waals surface area contributed by atoms with E-state index >= 15 is 0 Å². The average Bonchev–Trinajstić information content (AvgIpc) is 2.96. The fraction of sp³-hybridized carbons (Fsp3) is 0.182. The Morgan fingerprint density at radius 1 is 1.00 bits per heavy atom. The molecule has 0 saturated carbocycles. The summed E-state index contributed by atoms with van der Waals surface area (Å²) in [5, 5.41) is 0. The van der Waals surface area contributed by atoms with Gasteiger partial charge in [-0.1, -0.05) is 12.1 Å². The molecule has 0 saturated heterocycles. The molecule has 2 N–H and O–H groups in total. The van der Waals surface area contributed by atoms with Crippen LogP contribution in [-0.2, 0) is 4.79 Å². The molecule has 150 valence electrons. The fourth-order valence-corrected chi connectivity index (χ4v) is 3.53. The molecule has 29 heavy (non-hydrogen) atoms. The third-order valence-electron chi connectivity index (χ3n) is 4.89. The smallest absolute Gasteiger partial charge is 0.256 e. The minimum absolute atomic E-state index is 0.292. The second-order valence-corrected chi connectivity index (χ2v) is 6.87. The van der Waals surface area contributed by atoms with Crippen molar-refractivity contribution in [3.8, 4) is 5.69 Å². The Labute approximate surface area is 167 Å². The Morgan fingerprint density at radius 3 is 2.24 bits per heavy atom. The number of aryl methyl sites for hydroxylation is 1. The van der Waals surface area contributed by atoms with Crippen LogP contribution in [0.15, 0.2) is 54.6 Å². The van der Waals surface area contributed by atoms with Gasteiger partial charge in [-0.3, -0.25) is 9.59 Å². The van der Waals surface area contributed by atoms with Crippen molar-refractivity contribution in [3.63, 3.8) is 0 Å². The molecule has 0 aliphatic rings. The highest BCUT2D eigenvalue weighted by Gasteiger charge is 2.29. The maximum absolute atomic E-state index is 13.6. The molecule has 3 aromatic rings. The molecular weight excluding hydrogens is 376 g/mol. The molecule has 1 aromatic heterocycles. The number of nitrogens with zero attached hydrogens (tertiary/aromatic N) is 2. The van der Waals surface area contributed by atoms with Crippen LogP contribution in [0.3, 0.4) is 0 Å². The van der Waals surface area contributed by atoms with E-state index < -0.39 is 23.7 Å². The summed E-state index contributed by atoms with van der Waals surface area (Å²) in [4.78, 5) is 26.4. The monoisotopic (exact) mass is 397 g/mol. The third-order valence-corrected chi connectivity index (χ3v) is 4.89. The number of likely N-dealkylation sites (N-methyl/N-ethyl adjacent to an activating group) is 1. The summed E-state index contributed by atoms with van der Waals surface area (Å²) in [6, 6.07) is 11.9. The quantitative estimate of drug-likeness (QED) is 0.714. The summed E-state index contributed by atoms with van der Waals surface area (Å²) in [7, 11) is 1.45. The number of carbonyl (C=O) groups is 2. The third kappa shape index (κ3) is 3.89. The Kier molecular flexibility index (Phi) is 5.50. The molecule has 1 heterocycles. The molecule has 0 fully saturated rings. The minimum atomic E-state index is -1.12. The van der Waals surface area contributed by atoms with Gasteiger partial charge < -0.3 is 15.2 Å². The first-order valence-corrected chi connectivity index (χ1v) is 8.97. The van der Waals surface area contributed by atoms with E-state index in [1.807, 2.05) is 11.5 Å². The molecule has 5 nitrogen and oxygen atoms in total. The fourth-order valence-electron chi connectivity index (χ4n) is 3.53. The lowest BCUT2D eigenvalue weighted by Crippen LogP contribution is -2.39. The van der Waals surface area contributed by atoms with Gasteiger partial charge in [0.1, 0.15) is 17.7 Å². The summed E-state index contributed by atoms with van der Waals surface area (Å²) < 4.78 is 28.7. The van der Waals surface area contributed by atoms with E-state index in [9.17, 15) is 18.4 Å². The van der Waals surface area contributed by atoms with Crippen molar-refractivity contribution >= 4 is 11.8 Å². The van der Waals surface area contributed by atoms with Crippen molar-refractivity contribution in [2.75, 3.05) is 7.05 Å². The first-order chi connectivity index (χ1) is 13.7. The van der Waals surface area contributed by atoms with Gasteiger partial charge in [0, 0.05) is 24.1 Å². The molecule has 0 radical (unpaired) electrons. The van der Waals surface area contributed by atoms with Crippen LogP contribution in [0.2, 0.25) is 0 Å². The van der Waals surface area contributed by atoms with Gasteiger partial charge in [-0.2, -0.15) is 0 Å². The van der Waals surface area contributed by atoms with Crippen LogP contribution in [0.5, 0.6) is 0 Å². The topological polar surface area (TPSA) is 68.3 Å². The Morgan fingerprint density at radius 2 is 1.66 bits per heavy atom. The SMILES string of the molecule is Cc1cc(C(=O)N(C)C(C(N)=O)c2cccc(F)c2)c(C)n1-c1ccc(F)cc1. The van der Waals surface area contributed by atoms with E-state index in [0.717, 1.165) is 5.69 Å². The molecule has 0 aliphatic heterocycles. The zero-order chi connectivity index (χ0) is 21.3. The highest BCUT2D eigenvalue weighted by atomic mass is 19.1. The molecule has 2 amide bonds. The number of amides is 2. The van der Waals surface area contributed by atoms with Gasteiger partial charge in [0.15, 0.2) is 0 Å². The summed E-state index contributed by atoms with van der Waals surface area (Å²) in [6.45, 7) is 3.59. The maximum atomic E-state index is 13.6. The second kappa shape index (κ2) is 7.87. The number of carbonyl (C=O) groups excluding carboxylic acids is 2. The molecule has 3 rings (SSSR count). The van der Waals surface area contributed by atoms with Crippen molar-refractivity contribution < 1.29 is 18.4 Å². The van der Waals surface area contributed by atoms with Gasteiger partial charge in [-0.05, 0) is 61.9 Å². The lowest BCUT2D eigenvalue weighted by molar-refractivity contribution is -0.122. The first kappa shape index (κ1) is 20.3. The number of nitrogens with two attached hydrogens (primary N) is 1. The van der Waals surface area contributed by atoms with Crippen molar-refractivity contribution in [2.24, 2.45) is 5.73 Å². The molecule has 1 atom stereocenters. The predicted octanol–water partition coefficient (Wildman–Crippen LogP) is 3.67. The van der Waals surface area contributed by atoms with Crippen molar-refractivity contribution in [3.05, 3.63) is 88.7 Å². The Hall–Kier alpha value is -3.48. The van der Waals surface area contributed by atoms with E-state index in [1.54, 1.807) is 31.2 Å². The number of hydrogen-bond donors (Lipinski definition) is 1. The predicted molar refractivity (Wildman–Crippen MR) is 106 cm³/mol. The zero-order valence-corrected chi connectivity index (χ0v) is 16.3. The molecule has 7 heteroatoms. The van der Waals surface area contributed by atoms with Crippen LogP contribution in [0, 0.1) is 25.5 Å². The van der Waals surface area contributed by atoms with Gasteiger partial charge >= 0.3 is 0 Å². The zero-order valence-electron chi connectivity index (χ0n) is 16.3. The number of hydrogen-bond acceptors (Lipinski definition) is 2. The largest absolute Gasteiger partial charge is 0.368 e. The van der Waals surface area contributed by atoms with Crippen LogP contribution in [-0.4, -0.2) is 28.3 Å². The number of aromatic nitrogens is 1. The normalized spacial score (nSPS) is 11.9. The first-order valence-electron chi connectivity index (χ1n) is 8.97. The van der Waals surface area contributed by atoms with Gasteiger partial charge in [0.2, 0.25) is 5.91 Å². The summed E-state index contributed by atoms with van der Waals surface area (Å²) >= 11 is 0. The van der Waals surface area contributed by atoms with Crippen molar-refractivity contribution in [1.29, 1.82) is 0 Å². The lowest BCUT2D eigenvalue weighted by Gasteiger charge is -2.26. The van der Waals surface area contributed by atoms with Crippen LogP contribution >= 0.6 is 0 Å². The summed E-state index contributed by atoms with van der Waals surface area (Å²) in [5.41, 5.74) is 8.29. The van der Waals surface area contributed by atoms with E-state index in [-0.39, 0.29) is 5.82 Å². The van der Waals surface area contributed by atoms with E-state index in [1.165, 1.54) is 42.3 Å². The second-order valence-electron chi connectivity index (χ2n) is 6.87. The molecule has 1 unspecified atom stereocenters. The van der Waals surface area contributed by atoms with Crippen molar-refractivity contribution in [1.82, 2.24) is 9.47 Å². The standard InChI is InChI=1S/C22H21F2N3O2/c1-13-11-19(14(2)27(13)18-9-7-16(23)8-10-18)22(29)26(3)20(21(25)28)15-5-4-6-17(24)12-15/h4-12,20H,1-3H3,(H2,25,28). The molecule has 0 bridgehead atoms. The Bertz CT molecular complexity index is 1070. The maximum Gasteiger partial charge on any atom is 0.256 e. The van der Waals surface area contributed by atoms with Crippen LogP contribution in [0.4, 0.5) is 8.78 Å². The number of rotatable bonds is 5. The van der Waals surface area contributed by atoms with Crippen LogP contribution in [0.1, 0.15) is 33.4 Å². The van der Waals surface area contributed by atoms with Crippen LogP contribution in [0.25, 0.3) is 5.69 Å². The highest BCUT2D eigenvalue weighted by Crippen LogP contribution is 2.26.